The molecule has 2 N–H and O–H groups in total. The number of rotatable bonds is 2. The molecule has 2 aliphatic rings. The van der Waals surface area contributed by atoms with Gasteiger partial charge in [0.05, 0.1) is 5.69 Å². The average molecular weight is 378 g/mol. The summed E-state index contributed by atoms with van der Waals surface area (Å²) < 4.78 is 0. The van der Waals surface area contributed by atoms with E-state index in [2.05, 4.69) is 42.3 Å². The van der Waals surface area contributed by atoms with Crippen LogP contribution in [0.3, 0.4) is 0 Å². The molecule has 2 unspecified atom stereocenters. The number of hydrogen-bond donors (Lipinski definition) is 1. The van der Waals surface area contributed by atoms with E-state index in [4.69, 9.17) is 10.7 Å². The SMILES string of the molecule is CC1CCC(C)c2cc(-c3csc(N4CCC(N)CC4)n3)ccc21.Cl. The van der Waals surface area contributed by atoms with Crippen molar-refractivity contribution >= 4 is 28.9 Å². The minimum absolute atomic E-state index is 0. The maximum Gasteiger partial charge on any atom is 0.185 e. The van der Waals surface area contributed by atoms with Crippen molar-refractivity contribution in [2.24, 2.45) is 5.73 Å². The maximum absolute atomic E-state index is 6.02. The number of piperidine rings is 1. The number of benzene rings is 1. The highest BCUT2D eigenvalue weighted by molar-refractivity contribution is 7.14. The Labute approximate surface area is 161 Å². The molecule has 1 fully saturated rings. The zero-order chi connectivity index (χ0) is 16.7. The largest absolute Gasteiger partial charge is 0.348 e. The van der Waals surface area contributed by atoms with Crippen LogP contribution in [0.1, 0.15) is 62.5 Å². The molecule has 2 atom stereocenters. The Hall–Kier alpha value is -1.10. The number of nitrogens with zero attached hydrogens (tertiary/aromatic N) is 2. The summed E-state index contributed by atoms with van der Waals surface area (Å²) in [6, 6.07) is 7.35. The molecule has 136 valence electrons. The Kier molecular flexibility index (Phi) is 5.71. The number of aromatic nitrogens is 1. The van der Waals surface area contributed by atoms with E-state index in [0.29, 0.717) is 17.9 Å². The molecule has 0 saturated carbocycles. The summed E-state index contributed by atoms with van der Waals surface area (Å²) in [7, 11) is 0. The van der Waals surface area contributed by atoms with Crippen molar-refractivity contribution in [3.8, 4) is 11.3 Å². The molecule has 2 aromatic rings. The smallest absolute Gasteiger partial charge is 0.185 e. The fourth-order valence-corrected chi connectivity index (χ4v) is 4.94. The van der Waals surface area contributed by atoms with Gasteiger partial charge >= 0.3 is 0 Å². The third-order valence-electron chi connectivity index (χ3n) is 5.78. The third kappa shape index (κ3) is 3.71. The number of nitrogens with two attached hydrogens (primary N) is 1. The molecule has 4 rings (SSSR count). The maximum atomic E-state index is 6.02. The molecule has 1 aliphatic carbocycles. The monoisotopic (exact) mass is 377 g/mol. The Bertz CT molecular complexity index is 721. The molecule has 5 heteroatoms. The second kappa shape index (κ2) is 7.65. The third-order valence-corrected chi connectivity index (χ3v) is 6.68. The summed E-state index contributed by atoms with van der Waals surface area (Å²) in [5, 5.41) is 3.36. The Morgan fingerprint density at radius 2 is 1.72 bits per heavy atom. The Morgan fingerprint density at radius 3 is 2.44 bits per heavy atom. The van der Waals surface area contributed by atoms with E-state index in [1.54, 1.807) is 11.3 Å². The van der Waals surface area contributed by atoms with Gasteiger partial charge in [0, 0.05) is 30.1 Å². The summed E-state index contributed by atoms with van der Waals surface area (Å²) in [6.45, 7) is 6.78. The van der Waals surface area contributed by atoms with E-state index < -0.39 is 0 Å². The lowest BCUT2D eigenvalue weighted by Crippen LogP contribution is -2.39. The van der Waals surface area contributed by atoms with Crippen molar-refractivity contribution in [3.63, 3.8) is 0 Å². The van der Waals surface area contributed by atoms with E-state index >= 15 is 0 Å². The van der Waals surface area contributed by atoms with Crippen LogP contribution in [0.25, 0.3) is 11.3 Å². The first-order valence-corrected chi connectivity index (χ1v) is 10.1. The highest BCUT2D eigenvalue weighted by Crippen LogP contribution is 2.40. The van der Waals surface area contributed by atoms with Gasteiger partial charge in [-0.1, -0.05) is 26.0 Å². The van der Waals surface area contributed by atoms with Gasteiger partial charge in [-0.25, -0.2) is 4.98 Å². The van der Waals surface area contributed by atoms with Crippen molar-refractivity contribution in [2.75, 3.05) is 18.0 Å². The van der Waals surface area contributed by atoms with Crippen LogP contribution in [0.4, 0.5) is 5.13 Å². The molecule has 0 radical (unpaired) electrons. The average Bonchev–Trinajstić information content (AvgIpc) is 3.09. The van der Waals surface area contributed by atoms with Crippen molar-refractivity contribution in [2.45, 2.75) is 57.4 Å². The number of halogens is 1. The van der Waals surface area contributed by atoms with E-state index in [0.717, 1.165) is 36.8 Å². The van der Waals surface area contributed by atoms with Crippen molar-refractivity contribution in [1.82, 2.24) is 4.98 Å². The lowest BCUT2D eigenvalue weighted by Gasteiger charge is -2.29. The van der Waals surface area contributed by atoms with Crippen molar-refractivity contribution in [3.05, 3.63) is 34.7 Å². The second-order valence-electron chi connectivity index (χ2n) is 7.56. The van der Waals surface area contributed by atoms with Crippen molar-refractivity contribution in [1.29, 1.82) is 0 Å². The highest BCUT2D eigenvalue weighted by atomic mass is 35.5. The lowest BCUT2D eigenvalue weighted by atomic mass is 9.77. The Morgan fingerprint density at radius 1 is 1.04 bits per heavy atom. The summed E-state index contributed by atoms with van der Waals surface area (Å²) in [5.74, 6) is 1.35. The number of hydrogen-bond acceptors (Lipinski definition) is 4. The molecule has 0 amide bonds. The summed E-state index contributed by atoms with van der Waals surface area (Å²) in [6.07, 6.45) is 4.76. The predicted octanol–water partition coefficient (Wildman–Crippen LogP) is 5.16. The first kappa shape index (κ1) is 18.7. The van der Waals surface area contributed by atoms with E-state index in [-0.39, 0.29) is 12.4 Å². The van der Waals surface area contributed by atoms with Gasteiger partial charge in [-0.3, -0.25) is 0 Å². The summed E-state index contributed by atoms with van der Waals surface area (Å²) in [5.41, 5.74) is 11.5. The fourth-order valence-electron chi connectivity index (χ4n) is 4.05. The van der Waals surface area contributed by atoms with Gasteiger partial charge in [0.1, 0.15) is 0 Å². The molecule has 1 aromatic heterocycles. The first-order valence-electron chi connectivity index (χ1n) is 9.22. The topological polar surface area (TPSA) is 42.1 Å². The number of fused-ring (bicyclic) bond motifs is 1. The van der Waals surface area contributed by atoms with Crippen LogP contribution in [-0.2, 0) is 0 Å². The zero-order valence-electron chi connectivity index (χ0n) is 15.1. The van der Waals surface area contributed by atoms with E-state index in [9.17, 15) is 0 Å². The molecular formula is C20H28ClN3S. The molecule has 0 spiro atoms. The molecule has 0 bridgehead atoms. The van der Waals surface area contributed by atoms with Gasteiger partial charge in [-0.05, 0) is 54.7 Å². The van der Waals surface area contributed by atoms with Gasteiger partial charge < -0.3 is 10.6 Å². The normalized spacial score (nSPS) is 23.9. The van der Waals surface area contributed by atoms with Crippen LogP contribution >= 0.6 is 23.7 Å². The van der Waals surface area contributed by atoms with Crippen LogP contribution in [0, 0.1) is 0 Å². The fraction of sp³-hybridized carbons (Fsp3) is 0.550. The summed E-state index contributed by atoms with van der Waals surface area (Å²) in [4.78, 5) is 7.32. The molecule has 3 nitrogen and oxygen atoms in total. The molecule has 25 heavy (non-hydrogen) atoms. The molecular weight excluding hydrogens is 350 g/mol. The molecule has 1 saturated heterocycles. The van der Waals surface area contributed by atoms with E-state index in [1.165, 1.54) is 29.5 Å². The van der Waals surface area contributed by atoms with Gasteiger partial charge in [0.2, 0.25) is 0 Å². The minimum Gasteiger partial charge on any atom is -0.348 e. The van der Waals surface area contributed by atoms with Crippen LogP contribution < -0.4 is 10.6 Å². The zero-order valence-corrected chi connectivity index (χ0v) is 16.7. The molecule has 1 aromatic carbocycles. The predicted molar refractivity (Wildman–Crippen MR) is 110 cm³/mol. The highest BCUT2D eigenvalue weighted by Gasteiger charge is 2.23. The van der Waals surface area contributed by atoms with Crippen LogP contribution in [0.15, 0.2) is 23.6 Å². The Balaban J connectivity index is 0.00000182. The quantitative estimate of drug-likeness (QED) is 0.785. The van der Waals surface area contributed by atoms with Gasteiger partial charge in [-0.2, -0.15) is 0 Å². The lowest BCUT2D eigenvalue weighted by molar-refractivity contribution is 0.501. The van der Waals surface area contributed by atoms with Crippen LogP contribution in [-0.4, -0.2) is 24.1 Å². The van der Waals surface area contributed by atoms with Gasteiger partial charge in [0.25, 0.3) is 0 Å². The standard InChI is InChI=1S/C20H27N3S.ClH/c1-13-3-4-14(2)18-11-15(5-6-17(13)18)19-12-24-20(22-19)23-9-7-16(21)8-10-23;/h5-6,11-14,16H,3-4,7-10,21H2,1-2H3;1H. The second-order valence-corrected chi connectivity index (χ2v) is 8.40. The molecule has 2 heterocycles. The van der Waals surface area contributed by atoms with Gasteiger partial charge in [-0.15, -0.1) is 23.7 Å². The van der Waals surface area contributed by atoms with E-state index in [1.807, 2.05) is 0 Å². The first-order chi connectivity index (χ1) is 11.6. The van der Waals surface area contributed by atoms with Crippen LogP contribution in [0.2, 0.25) is 0 Å². The minimum atomic E-state index is 0. The number of thiazole rings is 1. The van der Waals surface area contributed by atoms with Crippen LogP contribution in [0.5, 0.6) is 0 Å². The molecule has 1 aliphatic heterocycles. The van der Waals surface area contributed by atoms with Crippen molar-refractivity contribution < 1.29 is 0 Å². The number of anilines is 1. The van der Waals surface area contributed by atoms with Gasteiger partial charge in [0.15, 0.2) is 5.13 Å². The summed E-state index contributed by atoms with van der Waals surface area (Å²) >= 11 is 1.76.